The number of allylic oxidation sites excluding steroid dienone is 1. The maximum atomic E-state index is 13.9. The second-order valence-electron chi connectivity index (χ2n) is 5.86. The van der Waals surface area contributed by atoms with Crippen LogP contribution < -0.4 is 15.1 Å². The molecule has 1 atom stereocenters. The van der Waals surface area contributed by atoms with E-state index in [0.29, 0.717) is 22.2 Å². The Hall–Kier alpha value is -2.78. The molecule has 1 N–H and O–H groups in total. The smallest absolute Gasteiger partial charge is 0.324 e. The summed E-state index contributed by atoms with van der Waals surface area (Å²) in [4.78, 5) is 29.5. The highest BCUT2D eigenvalue weighted by Gasteiger charge is 2.42. The molecule has 0 saturated carbocycles. The number of benzene rings is 1. The number of halogens is 2. The predicted octanol–water partition coefficient (Wildman–Crippen LogP) is 1.37. The van der Waals surface area contributed by atoms with Crippen molar-refractivity contribution in [1.82, 2.24) is 15.2 Å². The molecular weight excluding hydrogens is 377 g/mol. The summed E-state index contributed by atoms with van der Waals surface area (Å²) >= 11 is 5.82. The molecule has 0 aromatic heterocycles. The number of alkyl halides is 1. The van der Waals surface area contributed by atoms with Gasteiger partial charge in [0.1, 0.15) is 24.6 Å². The minimum Gasteiger partial charge on any atom is -0.490 e. The highest BCUT2D eigenvalue weighted by atomic mass is 35.5. The van der Waals surface area contributed by atoms with Crippen molar-refractivity contribution >= 4 is 36.1 Å². The summed E-state index contributed by atoms with van der Waals surface area (Å²) < 4.78 is 19.2. The highest BCUT2D eigenvalue weighted by Crippen LogP contribution is 2.19. The molecule has 0 bridgehead atoms. The Morgan fingerprint density at radius 2 is 2.30 bits per heavy atom. The standard InChI is InChI=1S/C17H17ClFN5O3/c1-11-16-17(26)23(10-22-24(16)9-21-11)7-15(25)20-6-13(19)8-27-14-4-2-3-12(18)5-14/h2-5,9-10,13H,6-8H2,1H3,(H,20,25)/q+1. The molecule has 3 rings (SSSR count). The van der Waals surface area contributed by atoms with E-state index in [1.54, 1.807) is 31.2 Å². The van der Waals surface area contributed by atoms with Gasteiger partial charge >= 0.3 is 11.6 Å². The summed E-state index contributed by atoms with van der Waals surface area (Å²) in [6.45, 7) is 0.934. The van der Waals surface area contributed by atoms with Crippen molar-refractivity contribution in [1.29, 1.82) is 0 Å². The van der Waals surface area contributed by atoms with Gasteiger partial charge in [-0.15, -0.1) is 0 Å². The van der Waals surface area contributed by atoms with Gasteiger partial charge < -0.3 is 10.1 Å². The Balaban J connectivity index is 1.44. The molecule has 0 saturated heterocycles. The number of carbonyl (C=O) groups excluding carboxylic acids is 2. The number of nitrogens with zero attached hydrogens (tertiary/aromatic N) is 4. The molecule has 0 fully saturated rings. The van der Waals surface area contributed by atoms with Gasteiger partial charge in [0.25, 0.3) is 6.34 Å². The van der Waals surface area contributed by atoms with Gasteiger partial charge in [0.2, 0.25) is 5.91 Å². The fourth-order valence-corrected chi connectivity index (χ4v) is 2.60. The lowest BCUT2D eigenvalue weighted by Crippen LogP contribution is -2.47. The van der Waals surface area contributed by atoms with E-state index in [1.807, 2.05) is 0 Å². The van der Waals surface area contributed by atoms with Crippen LogP contribution in [0.3, 0.4) is 0 Å². The van der Waals surface area contributed by atoms with Crippen molar-refractivity contribution < 1.29 is 18.7 Å². The van der Waals surface area contributed by atoms with E-state index in [0.717, 1.165) is 4.90 Å². The Morgan fingerprint density at radius 3 is 3.07 bits per heavy atom. The molecule has 1 unspecified atom stereocenters. The van der Waals surface area contributed by atoms with Gasteiger partial charge in [-0.25, -0.2) is 4.39 Å². The third-order valence-corrected chi connectivity index (χ3v) is 4.01. The Labute approximate surface area is 159 Å². The lowest BCUT2D eigenvalue weighted by Gasteiger charge is -2.19. The van der Waals surface area contributed by atoms with Crippen LogP contribution in [-0.4, -0.2) is 55.3 Å². The number of aliphatic imine (C=N–C) groups is 1. The average molecular weight is 394 g/mol. The normalized spacial score (nSPS) is 17.3. The first-order chi connectivity index (χ1) is 12.9. The molecule has 10 heteroatoms. The second kappa shape index (κ2) is 8.28. The first-order valence-corrected chi connectivity index (χ1v) is 8.50. The van der Waals surface area contributed by atoms with Crippen LogP contribution in [0.1, 0.15) is 6.92 Å². The van der Waals surface area contributed by atoms with Crippen molar-refractivity contribution in [3.63, 3.8) is 0 Å². The Bertz CT molecular complexity index is 842. The van der Waals surface area contributed by atoms with Crippen LogP contribution in [0.15, 0.2) is 45.8 Å². The zero-order valence-electron chi connectivity index (χ0n) is 14.4. The van der Waals surface area contributed by atoms with Crippen molar-refractivity contribution in [3.05, 3.63) is 40.7 Å². The number of hydrogen-bond donors (Lipinski definition) is 1. The third-order valence-electron chi connectivity index (χ3n) is 3.77. The van der Waals surface area contributed by atoms with Crippen LogP contribution in [0, 0.1) is 0 Å². The highest BCUT2D eigenvalue weighted by molar-refractivity contribution is 6.30. The third kappa shape index (κ3) is 4.69. The summed E-state index contributed by atoms with van der Waals surface area (Å²) in [5.41, 5.74) is 0.813. The van der Waals surface area contributed by atoms with Crippen LogP contribution in [0.25, 0.3) is 0 Å². The van der Waals surface area contributed by atoms with Crippen molar-refractivity contribution in [3.8, 4) is 5.75 Å². The van der Waals surface area contributed by atoms with Crippen LogP contribution in [-0.2, 0) is 9.59 Å². The number of amides is 2. The van der Waals surface area contributed by atoms with E-state index < -0.39 is 18.0 Å². The lowest BCUT2D eigenvalue weighted by molar-refractivity contribution is -0.130. The van der Waals surface area contributed by atoms with Gasteiger partial charge in [0.15, 0.2) is 12.5 Å². The molecule has 2 amide bonds. The maximum Gasteiger partial charge on any atom is 0.324 e. The van der Waals surface area contributed by atoms with Crippen molar-refractivity contribution in [2.75, 3.05) is 19.7 Å². The first kappa shape index (κ1) is 19.0. The van der Waals surface area contributed by atoms with E-state index in [4.69, 9.17) is 16.3 Å². The number of ether oxygens (including phenoxy) is 1. The molecular formula is C17H17ClFN5O3+. The van der Waals surface area contributed by atoms with Crippen molar-refractivity contribution in [2.45, 2.75) is 13.1 Å². The summed E-state index contributed by atoms with van der Waals surface area (Å²) in [6, 6.07) is 6.60. The maximum absolute atomic E-state index is 13.9. The Morgan fingerprint density at radius 1 is 1.48 bits per heavy atom. The zero-order valence-corrected chi connectivity index (χ0v) is 15.2. The minimum absolute atomic E-state index is 0.233. The van der Waals surface area contributed by atoms with Crippen LogP contribution in [0.2, 0.25) is 5.02 Å². The van der Waals surface area contributed by atoms with Gasteiger partial charge in [-0.3, -0.25) is 14.5 Å². The van der Waals surface area contributed by atoms with E-state index in [-0.39, 0.29) is 19.7 Å². The van der Waals surface area contributed by atoms with Crippen molar-refractivity contribution in [2.24, 2.45) is 10.1 Å². The van der Waals surface area contributed by atoms with Crippen LogP contribution in [0.4, 0.5) is 4.39 Å². The van der Waals surface area contributed by atoms with E-state index in [2.05, 4.69) is 15.4 Å². The summed E-state index contributed by atoms with van der Waals surface area (Å²) in [5, 5.41) is 8.28. The van der Waals surface area contributed by atoms with E-state index >= 15 is 0 Å². The molecule has 1 aromatic rings. The molecule has 0 aliphatic carbocycles. The zero-order chi connectivity index (χ0) is 19.4. The quantitative estimate of drug-likeness (QED) is 0.709. The SMILES string of the molecule is CC1=C2C(=O)N(CC(=O)NCC(F)COc3cccc(Cl)c3)C=N[N+]2C=N1. The topological polar surface area (TPSA) is 89.3 Å². The average Bonchev–Trinajstić information content (AvgIpc) is 3.02. The van der Waals surface area contributed by atoms with Gasteiger partial charge in [-0.2, -0.15) is 4.99 Å². The fraction of sp³-hybridized carbons (Fsp3) is 0.294. The van der Waals surface area contributed by atoms with Crippen LogP contribution >= 0.6 is 11.6 Å². The van der Waals surface area contributed by atoms with Gasteiger partial charge in [0.05, 0.1) is 11.6 Å². The van der Waals surface area contributed by atoms with E-state index in [1.165, 1.54) is 17.7 Å². The van der Waals surface area contributed by atoms with Gasteiger partial charge in [-0.1, -0.05) is 17.7 Å². The number of hydrazone groups is 1. The molecule has 2 heterocycles. The summed E-state index contributed by atoms with van der Waals surface area (Å²) in [5.74, 6) is -0.458. The fourth-order valence-electron chi connectivity index (χ4n) is 2.42. The largest absolute Gasteiger partial charge is 0.490 e. The number of carbonyl (C=O) groups is 2. The number of hydrogen-bond acceptors (Lipinski definition) is 6. The minimum atomic E-state index is -1.41. The predicted molar refractivity (Wildman–Crippen MR) is 98.4 cm³/mol. The summed E-state index contributed by atoms with van der Waals surface area (Å²) in [7, 11) is 0. The van der Waals surface area contributed by atoms with Gasteiger partial charge in [0, 0.05) is 5.02 Å². The lowest BCUT2D eigenvalue weighted by atomic mass is 10.3. The van der Waals surface area contributed by atoms with Gasteiger partial charge in [-0.05, 0) is 30.2 Å². The molecule has 1 aromatic carbocycles. The molecule has 1 radical (unpaired) electrons. The molecule has 2 aliphatic rings. The second-order valence-corrected chi connectivity index (χ2v) is 6.29. The first-order valence-electron chi connectivity index (χ1n) is 8.12. The number of fused-ring (bicyclic) bond motifs is 1. The monoisotopic (exact) mass is 393 g/mol. The van der Waals surface area contributed by atoms with E-state index in [9.17, 15) is 14.0 Å². The summed E-state index contributed by atoms with van der Waals surface area (Å²) in [6.07, 6.45) is 1.25. The molecule has 2 aliphatic heterocycles. The molecule has 141 valence electrons. The van der Waals surface area contributed by atoms with Crippen LogP contribution in [0.5, 0.6) is 5.75 Å². The molecule has 27 heavy (non-hydrogen) atoms. The molecule has 8 nitrogen and oxygen atoms in total. The molecule has 0 spiro atoms. The number of rotatable bonds is 7. The number of nitrogens with one attached hydrogen (secondary N) is 1. The Kier molecular flexibility index (Phi) is 5.82.